The van der Waals surface area contributed by atoms with Crippen molar-refractivity contribution in [1.82, 2.24) is 10.2 Å². The molecule has 0 spiro atoms. The minimum atomic E-state index is -0.426. The molecule has 110 valence electrons. The molecule has 0 aromatic heterocycles. The summed E-state index contributed by atoms with van der Waals surface area (Å²) in [5.74, 6) is 0. The summed E-state index contributed by atoms with van der Waals surface area (Å²) in [5, 5.41) is 3.33. The van der Waals surface area contributed by atoms with E-state index in [4.69, 9.17) is 9.47 Å². The Morgan fingerprint density at radius 2 is 1.84 bits per heavy atom. The molecular formula is C14H26N2O3. The van der Waals surface area contributed by atoms with Crippen LogP contribution >= 0.6 is 0 Å². The zero-order valence-electron chi connectivity index (χ0n) is 12.3. The highest BCUT2D eigenvalue weighted by molar-refractivity contribution is 5.68. The van der Waals surface area contributed by atoms with Gasteiger partial charge in [0.1, 0.15) is 5.60 Å². The maximum Gasteiger partial charge on any atom is 0.410 e. The van der Waals surface area contributed by atoms with Crippen LogP contribution in [0.5, 0.6) is 0 Å². The van der Waals surface area contributed by atoms with E-state index in [0.717, 1.165) is 38.9 Å². The van der Waals surface area contributed by atoms with E-state index < -0.39 is 5.60 Å². The zero-order valence-corrected chi connectivity index (χ0v) is 12.3. The molecule has 2 aliphatic heterocycles. The first-order chi connectivity index (χ1) is 8.94. The fourth-order valence-corrected chi connectivity index (χ4v) is 2.54. The molecule has 1 amide bonds. The molecule has 1 atom stereocenters. The molecule has 0 aliphatic carbocycles. The molecule has 0 radical (unpaired) electrons. The first kappa shape index (κ1) is 14.6. The maximum atomic E-state index is 11.9. The Morgan fingerprint density at radius 1 is 1.16 bits per heavy atom. The molecule has 5 nitrogen and oxygen atoms in total. The number of carbonyl (C=O) groups is 1. The molecule has 2 heterocycles. The molecule has 1 unspecified atom stereocenters. The Hall–Kier alpha value is -0.810. The van der Waals surface area contributed by atoms with E-state index in [1.165, 1.54) is 0 Å². The Labute approximate surface area is 115 Å². The molecule has 0 aromatic rings. The monoisotopic (exact) mass is 270 g/mol. The molecule has 1 N–H and O–H groups in total. The van der Waals surface area contributed by atoms with E-state index in [9.17, 15) is 4.79 Å². The van der Waals surface area contributed by atoms with Crippen molar-refractivity contribution in [2.24, 2.45) is 0 Å². The second-order valence-electron chi connectivity index (χ2n) is 6.42. The van der Waals surface area contributed by atoms with Crippen LogP contribution in [0.15, 0.2) is 0 Å². The van der Waals surface area contributed by atoms with Gasteiger partial charge in [0.2, 0.25) is 0 Å². The molecule has 2 saturated heterocycles. The third kappa shape index (κ3) is 4.66. The number of likely N-dealkylation sites (tertiary alicyclic amines) is 1. The lowest BCUT2D eigenvalue weighted by molar-refractivity contribution is -0.0234. The number of rotatable bonds is 2. The number of ether oxygens (including phenoxy) is 2. The van der Waals surface area contributed by atoms with Crippen LogP contribution in [0.3, 0.4) is 0 Å². The molecule has 5 heteroatoms. The Morgan fingerprint density at radius 3 is 2.47 bits per heavy atom. The Kier molecular flexibility index (Phi) is 4.68. The summed E-state index contributed by atoms with van der Waals surface area (Å²) >= 11 is 0. The number of hydrogen-bond acceptors (Lipinski definition) is 4. The van der Waals surface area contributed by atoms with Gasteiger partial charge in [-0.2, -0.15) is 0 Å². The number of hydrogen-bond donors (Lipinski definition) is 1. The summed E-state index contributed by atoms with van der Waals surface area (Å²) in [6.07, 6.45) is 3.37. The van der Waals surface area contributed by atoms with Crippen molar-refractivity contribution in [3.05, 3.63) is 0 Å². The summed E-state index contributed by atoms with van der Waals surface area (Å²) in [5.41, 5.74) is -0.426. The third-order valence-electron chi connectivity index (χ3n) is 3.47. The van der Waals surface area contributed by atoms with Crippen LogP contribution in [0.4, 0.5) is 4.79 Å². The van der Waals surface area contributed by atoms with E-state index in [0.29, 0.717) is 12.6 Å². The number of amides is 1. The Balaban J connectivity index is 1.74. The lowest BCUT2D eigenvalue weighted by atomic mass is 10.1. The van der Waals surface area contributed by atoms with E-state index in [-0.39, 0.29) is 12.2 Å². The van der Waals surface area contributed by atoms with Crippen molar-refractivity contribution in [1.29, 1.82) is 0 Å². The standard InChI is InChI=1S/C14H26N2O3/c1-14(2,3)19-13(17)16-9-6-12(10-16)18-11-4-7-15-8-5-11/h11-12,15H,4-10H2,1-3H3. The van der Waals surface area contributed by atoms with Crippen molar-refractivity contribution < 1.29 is 14.3 Å². The normalized spacial score (nSPS) is 25.6. The SMILES string of the molecule is CC(C)(C)OC(=O)N1CCC(OC2CCNCC2)C1. The highest BCUT2D eigenvalue weighted by atomic mass is 16.6. The maximum absolute atomic E-state index is 11.9. The predicted molar refractivity (Wildman–Crippen MR) is 73.2 cm³/mol. The molecule has 19 heavy (non-hydrogen) atoms. The highest BCUT2D eigenvalue weighted by Crippen LogP contribution is 2.20. The van der Waals surface area contributed by atoms with Gasteiger partial charge < -0.3 is 19.7 Å². The van der Waals surface area contributed by atoms with Crippen molar-refractivity contribution in [3.8, 4) is 0 Å². The van der Waals surface area contributed by atoms with Gasteiger partial charge in [0, 0.05) is 6.54 Å². The predicted octanol–water partition coefficient (Wildman–Crippen LogP) is 1.76. The number of carbonyl (C=O) groups excluding carboxylic acids is 1. The van der Waals surface area contributed by atoms with Gasteiger partial charge >= 0.3 is 6.09 Å². The number of piperidine rings is 1. The smallest absolute Gasteiger partial charge is 0.410 e. The lowest BCUT2D eigenvalue weighted by Crippen LogP contribution is -2.38. The van der Waals surface area contributed by atoms with Gasteiger partial charge in [0.25, 0.3) is 0 Å². The van der Waals surface area contributed by atoms with Gasteiger partial charge in [-0.25, -0.2) is 4.79 Å². The van der Waals surface area contributed by atoms with Gasteiger partial charge in [0.05, 0.1) is 18.8 Å². The van der Waals surface area contributed by atoms with Crippen LogP contribution in [0.1, 0.15) is 40.0 Å². The minimum Gasteiger partial charge on any atom is -0.444 e. The highest BCUT2D eigenvalue weighted by Gasteiger charge is 2.31. The molecule has 2 aliphatic rings. The van der Waals surface area contributed by atoms with E-state index in [1.54, 1.807) is 4.90 Å². The van der Waals surface area contributed by atoms with Crippen LogP contribution in [0.25, 0.3) is 0 Å². The summed E-state index contributed by atoms with van der Waals surface area (Å²) in [4.78, 5) is 13.7. The van der Waals surface area contributed by atoms with Gasteiger partial charge in [-0.3, -0.25) is 0 Å². The van der Waals surface area contributed by atoms with Gasteiger partial charge in [-0.1, -0.05) is 0 Å². The number of nitrogens with one attached hydrogen (secondary N) is 1. The summed E-state index contributed by atoms with van der Waals surface area (Å²) in [7, 11) is 0. The molecule has 0 aromatic carbocycles. The topological polar surface area (TPSA) is 50.8 Å². The largest absolute Gasteiger partial charge is 0.444 e. The average molecular weight is 270 g/mol. The summed E-state index contributed by atoms with van der Waals surface area (Å²) in [6, 6.07) is 0. The quantitative estimate of drug-likeness (QED) is 0.831. The fraction of sp³-hybridized carbons (Fsp3) is 0.929. The number of nitrogens with zero attached hydrogens (tertiary/aromatic N) is 1. The molecule has 2 fully saturated rings. The zero-order chi connectivity index (χ0) is 13.9. The van der Waals surface area contributed by atoms with Crippen LogP contribution in [0.2, 0.25) is 0 Å². The summed E-state index contributed by atoms with van der Waals surface area (Å²) < 4.78 is 11.5. The first-order valence-corrected chi connectivity index (χ1v) is 7.28. The van der Waals surface area contributed by atoms with Crippen LogP contribution in [-0.4, -0.2) is 55.0 Å². The second-order valence-corrected chi connectivity index (χ2v) is 6.42. The third-order valence-corrected chi connectivity index (χ3v) is 3.47. The average Bonchev–Trinajstić information content (AvgIpc) is 2.77. The molecule has 2 rings (SSSR count). The van der Waals surface area contributed by atoms with Gasteiger partial charge in [0.15, 0.2) is 0 Å². The van der Waals surface area contributed by atoms with Crippen LogP contribution < -0.4 is 5.32 Å². The van der Waals surface area contributed by atoms with Crippen molar-refractivity contribution in [2.45, 2.75) is 57.8 Å². The lowest BCUT2D eigenvalue weighted by Gasteiger charge is -2.27. The van der Waals surface area contributed by atoms with E-state index in [2.05, 4.69) is 5.32 Å². The summed E-state index contributed by atoms with van der Waals surface area (Å²) in [6.45, 7) is 9.15. The molecular weight excluding hydrogens is 244 g/mol. The van der Waals surface area contributed by atoms with Crippen molar-refractivity contribution >= 4 is 6.09 Å². The van der Waals surface area contributed by atoms with E-state index in [1.807, 2.05) is 20.8 Å². The Bertz CT molecular complexity index is 308. The molecule has 0 bridgehead atoms. The van der Waals surface area contributed by atoms with Gasteiger partial charge in [-0.05, 0) is 53.1 Å². The van der Waals surface area contributed by atoms with Crippen LogP contribution in [0, 0.1) is 0 Å². The fourth-order valence-electron chi connectivity index (χ4n) is 2.54. The minimum absolute atomic E-state index is 0.176. The van der Waals surface area contributed by atoms with Crippen molar-refractivity contribution in [2.75, 3.05) is 26.2 Å². The van der Waals surface area contributed by atoms with Crippen molar-refractivity contribution in [3.63, 3.8) is 0 Å². The van der Waals surface area contributed by atoms with Gasteiger partial charge in [-0.15, -0.1) is 0 Å². The second kappa shape index (κ2) is 6.09. The van der Waals surface area contributed by atoms with E-state index >= 15 is 0 Å². The van der Waals surface area contributed by atoms with Crippen LogP contribution in [-0.2, 0) is 9.47 Å². The first-order valence-electron chi connectivity index (χ1n) is 7.28. The molecule has 0 saturated carbocycles.